The number of hydrogen-bond donors (Lipinski definition) is 0. The number of aryl methyl sites for hydroxylation is 3. The van der Waals surface area contributed by atoms with Crippen molar-refractivity contribution < 1.29 is 0 Å². The van der Waals surface area contributed by atoms with Crippen molar-refractivity contribution in [3.05, 3.63) is 39.6 Å². The van der Waals surface area contributed by atoms with Gasteiger partial charge in [0.05, 0.1) is 24.1 Å². The van der Waals surface area contributed by atoms with Crippen molar-refractivity contribution >= 4 is 0 Å². The van der Waals surface area contributed by atoms with E-state index in [2.05, 4.69) is 20.2 Å². The zero-order valence-electron chi connectivity index (χ0n) is 13.5. The lowest BCUT2D eigenvalue weighted by Crippen LogP contribution is -2.37. The van der Waals surface area contributed by atoms with Gasteiger partial charge in [0.1, 0.15) is 0 Å². The average molecular weight is 314 g/mol. The summed E-state index contributed by atoms with van der Waals surface area (Å²) in [5, 5.41) is 13.1. The van der Waals surface area contributed by atoms with Crippen molar-refractivity contribution in [3.63, 3.8) is 0 Å². The van der Waals surface area contributed by atoms with E-state index in [4.69, 9.17) is 0 Å². The second kappa shape index (κ2) is 5.88. The van der Waals surface area contributed by atoms with E-state index in [0.717, 1.165) is 62.1 Å². The van der Waals surface area contributed by atoms with Crippen LogP contribution in [0.3, 0.4) is 0 Å². The van der Waals surface area contributed by atoms with Crippen LogP contribution in [0.5, 0.6) is 0 Å². The van der Waals surface area contributed by atoms with Gasteiger partial charge in [-0.05, 0) is 44.2 Å². The Labute approximate surface area is 134 Å². The first-order valence-corrected chi connectivity index (χ1v) is 8.38. The van der Waals surface area contributed by atoms with Gasteiger partial charge in [-0.3, -0.25) is 9.69 Å². The van der Waals surface area contributed by atoms with Crippen LogP contribution in [-0.2, 0) is 33.0 Å². The Morgan fingerprint density at radius 2 is 2.17 bits per heavy atom. The lowest BCUT2D eigenvalue weighted by Gasteiger charge is -2.23. The van der Waals surface area contributed by atoms with Crippen LogP contribution in [0, 0.1) is 0 Å². The van der Waals surface area contributed by atoms with Crippen LogP contribution in [0.4, 0.5) is 0 Å². The number of nitrogens with zero attached hydrogens (tertiary/aromatic N) is 6. The van der Waals surface area contributed by atoms with Gasteiger partial charge >= 0.3 is 0 Å². The summed E-state index contributed by atoms with van der Waals surface area (Å²) in [6.45, 7) is 2.51. The van der Waals surface area contributed by atoms with E-state index in [9.17, 15) is 4.79 Å². The molecule has 0 bridgehead atoms. The molecule has 2 aliphatic rings. The summed E-state index contributed by atoms with van der Waals surface area (Å²) < 4.78 is 1.67. The Kier molecular flexibility index (Phi) is 3.72. The molecule has 0 saturated carbocycles. The molecule has 1 fully saturated rings. The SMILES string of the molecule is Cn1ncc(CN2CCCC2Cn2nc3c(cc2=O)CCC3)n1. The summed E-state index contributed by atoms with van der Waals surface area (Å²) in [7, 11) is 1.83. The van der Waals surface area contributed by atoms with Crippen molar-refractivity contribution in [2.75, 3.05) is 6.54 Å². The Hall–Kier alpha value is -2.02. The molecule has 1 saturated heterocycles. The van der Waals surface area contributed by atoms with E-state index in [1.54, 1.807) is 15.5 Å². The molecular formula is C16H22N6O. The average Bonchev–Trinajstić information content (AvgIpc) is 3.23. The van der Waals surface area contributed by atoms with Gasteiger partial charge in [-0.15, -0.1) is 0 Å². The molecule has 0 aromatic carbocycles. The van der Waals surface area contributed by atoms with Gasteiger partial charge in [-0.25, -0.2) is 4.68 Å². The molecule has 3 heterocycles. The van der Waals surface area contributed by atoms with E-state index in [1.165, 1.54) is 0 Å². The molecule has 122 valence electrons. The summed E-state index contributed by atoms with van der Waals surface area (Å²) >= 11 is 0. The fourth-order valence-electron chi connectivity index (χ4n) is 3.75. The molecule has 1 aliphatic heterocycles. The third-order valence-electron chi connectivity index (χ3n) is 4.92. The maximum Gasteiger partial charge on any atom is 0.267 e. The summed E-state index contributed by atoms with van der Waals surface area (Å²) in [4.78, 5) is 16.3. The lowest BCUT2D eigenvalue weighted by atomic mass is 10.2. The topological polar surface area (TPSA) is 68.8 Å². The predicted molar refractivity (Wildman–Crippen MR) is 85.0 cm³/mol. The second-order valence-corrected chi connectivity index (χ2v) is 6.58. The van der Waals surface area contributed by atoms with Gasteiger partial charge in [0, 0.05) is 25.7 Å². The Balaban J connectivity index is 1.50. The van der Waals surface area contributed by atoms with Crippen molar-refractivity contribution in [1.82, 2.24) is 29.7 Å². The van der Waals surface area contributed by atoms with Crippen LogP contribution in [0.15, 0.2) is 17.1 Å². The van der Waals surface area contributed by atoms with Gasteiger partial charge in [-0.1, -0.05) is 0 Å². The van der Waals surface area contributed by atoms with E-state index in [0.29, 0.717) is 12.6 Å². The van der Waals surface area contributed by atoms with Gasteiger partial charge in [-0.2, -0.15) is 20.1 Å². The molecule has 1 unspecified atom stereocenters. The lowest BCUT2D eigenvalue weighted by molar-refractivity contribution is 0.213. The van der Waals surface area contributed by atoms with Crippen LogP contribution in [0.25, 0.3) is 0 Å². The molecule has 0 N–H and O–H groups in total. The maximum absolute atomic E-state index is 12.3. The first-order chi connectivity index (χ1) is 11.2. The first-order valence-electron chi connectivity index (χ1n) is 8.38. The summed E-state index contributed by atoms with van der Waals surface area (Å²) in [5.41, 5.74) is 3.28. The van der Waals surface area contributed by atoms with E-state index in [-0.39, 0.29) is 5.56 Å². The number of rotatable bonds is 4. The van der Waals surface area contributed by atoms with Crippen LogP contribution in [0.1, 0.15) is 36.2 Å². The van der Waals surface area contributed by atoms with E-state index < -0.39 is 0 Å². The van der Waals surface area contributed by atoms with Crippen molar-refractivity contribution in [1.29, 1.82) is 0 Å². The monoisotopic (exact) mass is 314 g/mol. The standard InChI is InChI=1S/C16H22N6O/c1-20-17-9-13(18-20)10-21-7-3-5-14(21)11-22-16(23)8-12-4-2-6-15(12)19-22/h8-9,14H,2-7,10-11H2,1H3. The molecule has 2 aromatic rings. The van der Waals surface area contributed by atoms with E-state index >= 15 is 0 Å². The van der Waals surface area contributed by atoms with Crippen LogP contribution >= 0.6 is 0 Å². The Morgan fingerprint density at radius 1 is 1.26 bits per heavy atom. The normalized spacial score (nSPS) is 21.0. The highest BCUT2D eigenvalue weighted by molar-refractivity contribution is 5.22. The van der Waals surface area contributed by atoms with Crippen LogP contribution in [0.2, 0.25) is 0 Å². The van der Waals surface area contributed by atoms with Gasteiger partial charge in [0.25, 0.3) is 5.56 Å². The minimum Gasteiger partial charge on any atom is -0.293 e. The van der Waals surface area contributed by atoms with Crippen LogP contribution in [-0.4, -0.2) is 42.3 Å². The van der Waals surface area contributed by atoms with Crippen molar-refractivity contribution in [2.24, 2.45) is 7.05 Å². The maximum atomic E-state index is 12.3. The predicted octanol–water partition coefficient (Wildman–Crippen LogP) is 0.525. The molecule has 1 aliphatic carbocycles. The molecule has 7 nitrogen and oxygen atoms in total. The fraction of sp³-hybridized carbons (Fsp3) is 0.625. The molecule has 0 amide bonds. The molecule has 4 rings (SSSR count). The van der Waals surface area contributed by atoms with E-state index in [1.807, 2.05) is 13.2 Å². The number of fused-ring (bicyclic) bond motifs is 1. The Morgan fingerprint density at radius 3 is 3.00 bits per heavy atom. The Bertz CT molecular complexity index is 764. The van der Waals surface area contributed by atoms with Crippen molar-refractivity contribution in [3.8, 4) is 0 Å². The minimum atomic E-state index is 0.0389. The second-order valence-electron chi connectivity index (χ2n) is 6.58. The largest absolute Gasteiger partial charge is 0.293 e. The zero-order valence-corrected chi connectivity index (χ0v) is 13.5. The third-order valence-corrected chi connectivity index (χ3v) is 4.92. The molecule has 2 aromatic heterocycles. The molecule has 23 heavy (non-hydrogen) atoms. The highest BCUT2D eigenvalue weighted by Crippen LogP contribution is 2.21. The van der Waals surface area contributed by atoms with Crippen LogP contribution < -0.4 is 5.56 Å². The highest BCUT2D eigenvalue weighted by Gasteiger charge is 2.27. The quantitative estimate of drug-likeness (QED) is 0.823. The minimum absolute atomic E-state index is 0.0389. The molecular weight excluding hydrogens is 292 g/mol. The smallest absolute Gasteiger partial charge is 0.267 e. The van der Waals surface area contributed by atoms with Gasteiger partial charge < -0.3 is 0 Å². The summed E-state index contributed by atoms with van der Waals surface area (Å²) in [6, 6.07) is 2.14. The third kappa shape index (κ3) is 2.93. The highest BCUT2D eigenvalue weighted by atomic mass is 16.1. The fourth-order valence-corrected chi connectivity index (χ4v) is 3.75. The van der Waals surface area contributed by atoms with Gasteiger partial charge in [0.2, 0.25) is 0 Å². The summed E-state index contributed by atoms with van der Waals surface area (Å²) in [6.07, 6.45) is 7.20. The molecule has 0 spiro atoms. The molecule has 0 radical (unpaired) electrons. The zero-order chi connectivity index (χ0) is 15.8. The van der Waals surface area contributed by atoms with Crippen molar-refractivity contribution in [2.45, 2.75) is 51.2 Å². The van der Waals surface area contributed by atoms with Gasteiger partial charge in [0.15, 0.2) is 0 Å². The molecule has 1 atom stereocenters. The summed E-state index contributed by atoms with van der Waals surface area (Å²) in [5.74, 6) is 0. The molecule has 7 heteroatoms. The first kappa shape index (κ1) is 14.6. The number of hydrogen-bond acceptors (Lipinski definition) is 5. The number of aromatic nitrogens is 5. The number of likely N-dealkylation sites (tertiary alicyclic amines) is 1.